The van der Waals surface area contributed by atoms with Gasteiger partial charge in [0.05, 0.1) is 24.1 Å². The van der Waals surface area contributed by atoms with E-state index in [1.165, 1.54) is 0 Å². The monoisotopic (exact) mass is 328 g/mol. The normalized spacial score (nSPS) is 18.0. The Hall–Kier alpha value is -1.72. The lowest BCUT2D eigenvalue weighted by molar-refractivity contribution is -0.139. The molecule has 5 nitrogen and oxygen atoms in total. The van der Waals surface area contributed by atoms with Crippen molar-refractivity contribution in [2.75, 3.05) is 12.5 Å². The van der Waals surface area contributed by atoms with Gasteiger partial charge in [0, 0.05) is 10.7 Å². The molecule has 1 aromatic carbocycles. The van der Waals surface area contributed by atoms with Crippen molar-refractivity contribution in [2.24, 2.45) is 0 Å². The minimum atomic E-state index is -0.694. The van der Waals surface area contributed by atoms with E-state index in [2.05, 4.69) is 10.6 Å². The lowest BCUT2D eigenvalue weighted by Crippen LogP contribution is -2.46. The molecular weight excluding hydrogens is 315 g/mol. The predicted octanol–water partition coefficient (Wildman–Crippen LogP) is 2.75. The quantitative estimate of drug-likeness (QED) is 0.659. The number of alkyl halides is 1. The second-order valence-electron chi connectivity index (χ2n) is 4.30. The zero-order valence-corrected chi connectivity index (χ0v) is 12.8. The molecule has 1 unspecified atom stereocenters. The van der Waals surface area contributed by atoms with E-state index in [1.807, 2.05) is 0 Å². The molecule has 1 aromatic rings. The molecule has 2 N–H and O–H groups in total. The van der Waals surface area contributed by atoms with E-state index in [9.17, 15) is 9.59 Å². The number of ether oxygens (including phenoxy) is 1. The van der Waals surface area contributed by atoms with Crippen LogP contribution < -0.4 is 10.6 Å². The van der Waals surface area contributed by atoms with Gasteiger partial charge in [0.1, 0.15) is 0 Å². The van der Waals surface area contributed by atoms with Crippen molar-refractivity contribution < 1.29 is 14.3 Å². The van der Waals surface area contributed by atoms with Crippen molar-refractivity contribution in [3.05, 3.63) is 46.1 Å². The van der Waals surface area contributed by atoms with Crippen LogP contribution in [0.3, 0.4) is 0 Å². The van der Waals surface area contributed by atoms with E-state index in [0.29, 0.717) is 16.3 Å². The van der Waals surface area contributed by atoms with E-state index in [0.717, 1.165) is 0 Å². The standard InChI is InChI=1S/C14H14Cl2N2O3/c1-2-21-13(19)11-10(7-15)17-14(20)18-12(11)8-5-3-4-6-9(8)16/h3-6,12H,2,7H2,1H3,(H2,17,18,20). The summed E-state index contributed by atoms with van der Waals surface area (Å²) in [6.45, 7) is 1.93. The van der Waals surface area contributed by atoms with Gasteiger partial charge in [-0.1, -0.05) is 29.8 Å². The van der Waals surface area contributed by atoms with E-state index in [1.54, 1.807) is 31.2 Å². The first-order chi connectivity index (χ1) is 10.1. The van der Waals surface area contributed by atoms with E-state index >= 15 is 0 Å². The third-order valence-electron chi connectivity index (χ3n) is 3.00. The first-order valence-electron chi connectivity index (χ1n) is 6.36. The Morgan fingerprint density at radius 3 is 2.71 bits per heavy atom. The van der Waals surface area contributed by atoms with Gasteiger partial charge in [-0.25, -0.2) is 9.59 Å². The predicted molar refractivity (Wildman–Crippen MR) is 80.2 cm³/mol. The van der Waals surface area contributed by atoms with Crippen LogP contribution in [0.2, 0.25) is 5.02 Å². The number of halogens is 2. The highest BCUT2D eigenvalue weighted by molar-refractivity contribution is 6.31. The molecule has 0 aromatic heterocycles. The molecule has 0 aliphatic carbocycles. The van der Waals surface area contributed by atoms with E-state index < -0.39 is 18.0 Å². The highest BCUT2D eigenvalue weighted by Crippen LogP contribution is 2.32. The summed E-state index contributed by atoms with van der Waals surface area (Å²) in [5.74, 6) is -0.548. The summed E-state index contributed by atoms with van der Waals surface area (Å²) in [6, 6.07) is 5.84. The Bertz CT molecular complexity index is 602. The van der Waals surface area contributed by atoms with Crippen LogP contribution in [0.25, 0.3) is 0 Å². The molecule has 1 atom stereocenters. The van der Waals surface area contributed by atoms with Crippen LogP contribution in [-0.4, -0.2) is 24.5 Å². The number of hydrogen-bond acceptors (Lipinski definition) is 3. The van der Waals surface area contributed by atoms with E-state index in [-0.39, 0.29) is 18.1 Å². The van der Waals surface area contributed by atoms with Crippen LogP contribution >= 0.6 is 23.2 Å². The van der Waals surface area contributed by atoms with Gasteiger partial charge < -0.3 is 15.4 Å². The molecule has 1 aliphatic rings. The summed E-state index contributed by atoms with van der Waals surface area (Å²) in [7, 11) is 0. The van der Waals surface area contributed by atoms with Gasteiger partial charge in [-0.3, -0.25) is 0 Å². The van der Waals surface area contributed by atoms with Gasteiger partial charge in [-0.15, -0.1) is 11.6 Å². The lowest BCUT2D eigenvalue weighted by Gasteiger charge is -2.29. The molecular formula is C14H14Cl2N2O3. The Balaban J connectivity index is 2.52. The molecule has 2 rings (SSSR count). The molecule has 0 saturated heterocycles. The van der Waals surface area contributed by atoms with Crippen LogP contribution in [0.4, 0.5) is 4.79 Å². The minimum Gasteiger partial charge on any atom is -0.463 e. The van der Waals surface area contributed by atoms with Crippen molar-refractivity contribution in [3.8, 4) is 0 Å². The molecule has 2 amide bonds. The maximum Gasteiger partial charge on any atom is 0.338 e. The van der Waals surface area contributed by atoms with Crippen molar-refractivity contribution in [3.63, 3.8) is 0 Å². The van der Waals surface area contributed by atoms with Gasteiger partial charge in [-0.05, 0) is 18.6 Å². The first kappa shape index (κ1) is 15.7. The van der Waals surface area contributed by atoms with Crippen LogP contribution in [0.15, 0.2) is 35.5 Å². The molecule has 21 heavy (non-hydrogen) atoms. The Morgan fingerprint density at radius 2 is 2.10 bits per heavy atom. The smallest absolute Gasteiger partial charge is 0.338 e. The fraction of sp³-hybridized carbons (Fsp3) is 0.286. The Kier molecular flexibility index (Phi) is 5.09. The average Bonchev–Trinajstić information content (AvgIpc) is 2.46. The number of amides is 2. The van der Waals surface area contributed by atoms with Crippen molar-refractivity contribution >= 4 is 35.2 Å². The van der Waals surface area contributed by atoms with Gasteiger partial charge in [0.2, 0.25) is 0 Å². The highest BCUT2D eigenvalue weighted by Gasteiger charge is 2.34. The van der Waals surface area contributed by atoms with Gasteiger partial charge in [0.15, 0.2) is 0 Å². The Morgan fingerprint density at radius 1 is 1.38 bits per heavy atom. The topological polar surface area (TPSA) is 67.4 Å². The summed E-state index contributed by atoms with van der Waals surface area (Å²) < 4.78 is 5.05. The number of hydrogen-bond donors (Lipinski definition) is 2. The molecule has 0 radical (unpaired) electrons. The minimum absolute atomic E-state index is 0.0114. The lowest BCUT2D eigenvalue weighted by atomic mass is 9.95. The third-order valence-corrected chi connectivity index (χ3v) is 3.61. The molecule has 7 heteroatoms. The molecule has 0 bridgehead atoms. The second kappa shape index (κ2) is 6.83. The molecule has 0 saturated carbocycles. The number of benzene rings is 1. The molecule has 1 heterocycles. The fourth-order valence-corrected chi connectivity index (χ4v) is 2.57. The number of esters is 1. The molecule has 112 valence electrons. The van der Waals surface area contributed by atoms with Gasteiger partial charge in [0.25, 0.3) is 0 Å². The van der Waals surface area contributed by atoms with Crippen LogP contribution in [0.1, 0.15) is 18.5 Å². The van der Waals surface area contributed by atoms with E-state index in [4.69, 9.17) is 27.9 Å². The number of carbonyl (C=O) groups is 2. The maximum atomic E-state index is 12.2. The first-order valence-corrected chi connectivity index (χ1v) is 7.27. The van der Waals surface area contributed by atoms with Crippen molar-refractivity contribution in [2.45, 2.75) is 13.0 Å². The third kappa shape index (κ3) is 3.31. The molecule has 0 spiro atoms. The van der Waals surface area contributed by atoms with Crippen LogP contribution in [0.5, 0.6) is 0 Å². The van der Waals surface area contributed by atoms with Crippen LogP contribution in [-0.2, 0) is 9.53 Å². The summed E-state index contributed by atoms with van der Waals surface area (Å²) in [5, 5.41) is 5.65. The fourth-order valence-electron chi connectivity index (χ4n) is 2.12. The van der Waals surface area contributed by atoms with Gasteiger partial charge in [-0.2, -0.15) is 0 Å². The average molecular weight is 329 g/mol. The van der Waals surface area contributed by atoms with Crippen LogP contribution in [0, 0.1) is 0 Å². The number of nitrogens with one attached hydrogen (secondary N) is 2. The largest absolute Gasteiger partial charge is 0.463 e. The number of urea groups is 1. The summed E-state index contributed by atoms with van der Waals surface area (Å²) in [5.41, 5.74) is 1.20. The zero-order chi connectivity index (χ0) is 15.4. The van der Waals surface area contributed by atoms with Gasteiger partial charge >= 0.3 is 12.0 Å². The number of carbonyl (C=O) groups excluding carboxylic acids is 2. The summed E-state index contributed by atoms with van der Waals surface area (Å²) in [6.07, 6.45) is 0. The molecule has 1 aliphatic heterocycles. The zero-order valence-electron chi connectivity index (χ0n) is 11.3. The maximum absolute atomic E-state index is 12.2. The van der Waals surface area contributed by atoms with Crippen molar-refractivity contribution in [1.82, 2.24) is 10.6 Å². The Labute approximate surface area is 132 Å². The number of allylic oxidation sites excluding steroid dienone is 1. The van der Waals surface area contributed by atoms with Crippen molar-refractivity contribution in [1.29, 1.82) is 0 Å². The highest BCUT2D eigenvalue weighted by atomic mass is 35.5. The summed E-state index contributed by atoms with van der Waals surface area (Å²) in [4.78, 5) is 23.9. The molecule has 0 fully saturated rings. The SMILES string of the molecule is CCOC(=O)C1=C(CCl)NC(=O)NC1c1ccccc1Cl. The second-order valence-corrected chi connectivity index (χ2v) is 4.97. The summed E-state index contributed by atoms with van der Waals surface area (Å²) >= 11 is 12.0. The number of rotatable bonds is 4.